The van der Waals surface area contributed by atoms with Gasteiger partial charge >= 0.3 is 0 Å². The lowest BCUT2D eigenvalue weighted by molar-refractivity contribution is 0.488. The Morgan fingerprint density at radius 1 is 0.206 bits per heavy atom. The molecule has 0 fully saturated rings. The molecule has 136 heavy (non-hydrogen) atoms. The van der Waals surface area contributed by atoms with Crippen LogP contribution in [0.5, 0.6) is 11.5 Å². The summed E-state index contributed by atoms with van der Waals surface area (Å²) in [5.74, 6) is 1.62. The average Bonchev–Trinajstić information content (AvgIpc) is 1.46. The predicted molar refractivity (Wildman–Crippen MR) is 569 cm³/mol. The fraction of sp³-hybridized carbons (Fsp3) is 0.0769. The van der Waals surface area contributed by atoms with Gasteiger partial charge in [0, 0.05) is 68.1 Å². The van der Waals surface area contributed by atoms with Crippen LogP contribution in [0.1, 0.15) is 97.2 Å². The molecule has 6 heteroatoms. The molecule has 0 bridgehead atoms. The first-order valence-corrected chi connectivity index (χ1v) is 48.1. The van der Waals surface area contributed by atoms with E-state index in [-0.39, 0.29) is 24.3 Å². The molecule has 0 saturated heterocycles. The lowest BCUT2D eigenvalue weighted by Crippen LogP contribution is -2.64. The summed E-state index contributed by atoms with van der Waals surface area (Å²) in [6.45, 7) is 13.5. The molecule has 28 rings (SSSR count). The summed E-state index contributed by atoms with van der Waals surface area (Å²) in [4.78, 5) is 8.02. The maximum Gasteiger partial charge on any atom is 0.256 e. The summed E-state index contributed by atoms with van der Waals surface area (Å²) in [7, 11) is 0. The average molecular weight is 1730 g/mol. The molecule has 0 radical (unpaired) electrons. The van der Waals surface area contributed by atoms with Crippen LogP contribution in [0, 0.1) is 0 Å². The molecule has 0 N–H and O–H groups in total. The second-order valence-electron chi connectivity index (χ2n) is 40.2. The molecule has 0 unspecified atom stereocenters. The lowest BCUT2D eigenvalue weighted by Gasteiger charge is -2.46. The Morgan fingerprint density at radius 2 is 0.507 bits per heavy atom. The van der Waals surface area contributed by atoms with Crippen molar-refractivity contribution in [3.8, 4) is 123 Å². The fourth-order valence-corrected chi connectivity index (χ4v) is 25.5. The van der Waals surface area contributed by atoms with Crippen molar-refractivity contribution in [2.24, 2.45) is 0 Å². The van der Waals surface area contributed by atoms with Gasteiger partial charge < -0.3 is 19.4 Å². The Bertz CT molecular complexity index is 8250. The fourth-order valence-electron chi connectivity index (χ4n) is 25.5. The highest BCUT2D eigenvalue weighted by Crippen LogP contribution is 2.68. The van der Waals surface area contributed by atoms with Crippen molar-refractivity contribution in [1.29, 1.82) is 0 Å². The number of anilines is 9. The molecule has 0 atom stereocenters. The van der Waals surface area contributed by atoms with E-state index in [1.807, 2.05) is 0 Å². The first kappa shape index (κ1) is 78.4. The van der Waals surface area contributed by atoms with E-state index in [0.29, 0.717) is 0 Å². The van der Waals surface area contributed by atoms with Gasteiger partial charge in [-0.25, -0.2) is 0 Å². The molecule has 4 aliphatic heterocycles. The summed E-state index contributed by atoms with van der Waals surface area (Å²) < 4.78 is 8.60. The number of fused-ring (bicyclic) bond motifs is 28. The van der Waals surface area contributed by atoms with E-state index < -0.39 is 10.8 Å². The van der Waals surface area contributed by atoms with Gasteiger partial charge in [0.15, 0.2) is 0 Å². The summed E-state index contributed by atoms with van der Waals surface area (Å²) in [6, 6.07) is 170. The summed E-state index contributed by atoms with van der Waals surface area (Å²) in [5, 5.41) is 0. The van der Waals surface area contributed by atoms with Gasteiger partial charge in [0.05, 0.1) is 22.2 Å². The van der Waals surface area contributed by atoms with Crippen LogP contribution in [0.25, 0.3) is 111 Å². The Kier molecular flexibility index (Phi) is 16.8. The molecular formula is C130H91B2N3O. The van der Waals surface area contributed by atoms with Crippen LogP contribution in [0.15, 0.2) is 443 Å². The van der Waals surface area contributed by atoms with Crippen LogP contribution >= 0.6 is 0 Å². The Morgan fingerprint density at radius 3 is 0.904 bits per heavy atom. The van der Waals surface area contributed by atoms with Crippen molar-refractivity contribution >= 4 is 97.4 Å². The van der Waals surface area contributed by atoms with Gasteiger partial charge in [0.25, 0.3) is 13.4 Å². The van der Waals surface area contributed by atoms with Crippen molar-refractivity contribution in [2.45, 2.75) is 63.2 Å². The van der Waals surface area contributed by atoms with Crippen LogP contribution < -0.4 is 52.2 Å². The van der Waals surface area contributed by atoms with E-state index in [1.54, 1.807) is 0 Å². The molecule has 4 heterocycles. The first-order chi connectivity index (χ1) is 66.8. The highest BCUT2D eigenvalue weighted by molar-refractivity contribution is 7.02. The molecule has 4 nitrogen and oxygen atoms in total. The topological polar surface area (TPSA) is 19.0 Å². The van der Waals surface area contributed by atoms with E-state index in [2.05, 4.69) is 499 Å². The van der Waals surface area contributed by atoms with E-state index in [0.717, 1.165) is 135 Å². The summed E-state index contributed by atoms with van der Waals surface area (Å²) in [5.41, 5.74) is 51.6. The minimum Gasteiger partial charge on any atom is -0.458 e. The maximum absolute atomic E-state index is 8.60. The second kappa shape index (κ2) is 29.1. The summed E-state index contributed by atoms with van der Waals surface area (Å²) >= 11 is 0. The summed E-state index contributed by atoms with van der Waals surface area (Å²) in [6.07, 6.45) is 0. The number of hydrogen-bond acceptors (Lipinski definition) is 4. The normalized spacial score (nSPS) is 14.2. The maximum atomic E-state index is 8.60. The SMILES string of the molecule is CC(C)(C)c1cc(-c2ccccc2)c(N2c3ccccc3B3c4cc5c(cc4Oc4cc(-c6cccc7c6C6(c8ccccc8-c8ccccc86)c6ccccc6-7)cc2c43)N(c2c(-c3ccccc3)cc(C(C)(C)C)cc2-c2ccccc2)c2cc(-c3cccc4c3C3(c6ccccc6-c6ccccc63)c3ccccc3-4)cc3c2B5c2ccccc2N3c2ccccc2)c(-c2ccccc2)c1. The number of nitrogens with zero attached hydrogens (tertiary/aromatic N) is 3. The molecule has 8 aliphatic rings. The van der Waals surface area contributed by atoms with Gasteiger partial charge in [0.1, 0.15) is 11.5 Å². The van der Waals surface area contributed by atoms with E-state index >= 15 is 0 Å². The third-order valence-electron chi connectivity index (χ3n) is 31.2. The van der Waals surface area contributed by atoms with Crippen LogP contribution in [0.4, 0.5) is 51.2 Å². The van der Waals surface area contributed by atoms with Crippen molar-refractivity contribution in [2.75, 3.05) is 14.7 Å². The highest BCUT2D eigenvalue weighted by Gasteiger charge is 2.57. The quantitative estimate of drug-likeness (QED) is 0.134. The van der Waals surface area contributed by atoms with Crippen molar-refractivity contribution in [3.05, 3.63) is 498 Å². The first-order valence-electron chi connectivity index (χ1n) is 48.1. The smallest absolute Gasteiger partial charge is 0.256 e. The molecule has 20 aromatic carbocycles. The van der Waals surface area contributed by atoms with Crippen molar-refractivity contribution in [3.63, 3.8) is 0 Å². The molecule has 638 valence electrons. The number of para-hydroxylation sites is 3. The second-order valence-corrected chi connectivity index (χ2v) is 40.2. The third kappa shape index (κ3) is 10.9. The molecule has 0 aromatic heterocycles. The number of hydrogen-bond donors (Lipinski definition) is 0. The van der Waals surface area contributed by atoms with Crippen molar-refractivity contribution < 1.29 is 4.74 Å². The van der Waals surface area contributed by atoms with Crippen LogP contribution in [-0.2, 0) is 21.7 Å². The zero-order chi connectivity index (χ0) is 90.3. The van der Waals surface area contributed by atoms with Crippen LogP contribution in [-0.4, -0.2) is 13.4 Å². The Hall–Kier alpha value is -16.3. The molecule has 20 aromatic rings. The lowest BCUT2D eigenvalue weighted by atomic mass is 9.30. The van der Waals surface area contributed by atoms with Gasteiger partial charge in [-0.3, -0.25) is 0 Å². The molecule has 0 saturated carbocycles. The number of benzene rings is 20. The van der Waals surface area contributed by atoms with E-state index in [4.69, 9.17) is 4.74 Å². The van der Waals surface area contributed by atoms with Crippen LogP contribution in [0.3, 0.4) is 0 Å². The number of ether oxygens (including phenoxy) is 1. The van der Waals surface area contributed by atoms with Gasteiger partial charge in [0.2, 0.25) is 0 Å². The predicted octanol–water partition coefficient (Wildman–Crippen LogP) is 29.5. The van der Waals surface area contributed by atoms with Crippen molar-refractivity contribution in [1.82, 2.24) is 0 Å². The van der Waals surface area contributed by atoms with Gasteiger partial charge in [-0.2, -0.15) is 0 Å². The zero-order valence-corrected chi connectivity index (χ0v) is 76.6. The minimum absolute atomic E-state index is 0.223. The monoisotopic (exact) mass is 1730 g/mol. The van der Waals surface area contributed by atoms with Gasteiger partial charge in [-0.15, -0.1) is 0 Å². The Balaban J connectivity index is 0.770. The highest BCUT2D eigenvalue weighted by atomic mass is 16.5. The minimum atomic E-state index is -0.675. The molecule has 0 amide bonds. The number of rotatable bonds is 9. The van der Waals surface area contributed by atoms with Crippen LogP contribution in [0.2, 0.25) is 0 Å². The zero-order valence-electron chi connectivity index (χ0n) is 76.6. The van der Waals surface area contributed by atoms with Gasteiger partial charge in [-0.05, 0) is 261 Å². The molecule has 4 aliphatic carbocycles. The van der Waals surface area contributed by atoms with E-state index in [9.17, 15) is 0 Å². The third-order valence-corrected chi connectivity index (χ3v) is 31.2. The largest absolute Gasteiger partial charge is 0.458 e. The molecular weight excluding hydrogens is 1640 g/mol. The van der Waals surface area contributed by atoms with E-state index in [1.165, 1.54) is 128 Å². The molecule has 2 spiro atoms. The Labute approximate surface area is 795 Å². The standard InChI is InChI=1S/C130H91B2N3O/c1-127(2,3)86-74-99(80-40-12-7-13-41-80)125(100(75-86)81-42-14-8-15-43-81)134-114-69-37-35-67-110(114)132-112-78-111-115(79-119(112)136-120-73-85(72-118(134)124(120)132)90-57-39-59-98-96-55-27-33-65-108(96)130(122(90)98)105-62-30-24-52-93(105)94-53-25-31-63-106(94)130)135(126-101(82-44-16-9-17-45-82)76-87(128(4,5)6)77-102(126)83-46-18-10-19-47-83)117-71-84(70-116-123(117)131(111)109-66-34-36-68-113(109)133(116)88-48-20-11-21-49-88)89-56-38-58-97-95-54-26-32-64-107(95)129(121(89)97)103-60-28-22-50-91(103)92-51-23-29-61-104(92)129/h7-79H,1-6H3. The van der Waals surface area contributed by atoms with Gasteiger partial charge in [-0.1, -0.05) is 406 Å².